The molecule has 11 heteroatoms. The van der Waals surface area contributed by atoms with E-state index in [9.17, 15) is 24.2 Å². The molecule has 0 amide bonds. The van der Waals surface area contributed by atoms with E-state index in [0.29, 0.717) is 19.3 Å². The van der Waals surface area contributed by atoms with Crippen molar-refractivity contribution in [2.75, 3.05) is 26.4 Å². The van der Waals surface area contributed by atoms with Gasteiger partial charge in [0, 0.05) is 12.8 Å². The van der Waals surface area contributed by atoms with Crippen LogP contribution in [0.25, 0.3) is 0 Å². The molecule has 300 valence electrons. The van der Waals surface area contributed by atoms with E-state index in [1.807, 2.05) is 12.2 Å². The number of aliphatic hydroxyl groups is 2. The van der Waals surface area contributed by atoms with Gasteiger partial charge in [-0.15, -0.1) is 0 Å². The van der Waals surface area contributed by atoms with Crippen LogP contribution in [0.1, 0.15) is 149 Å². The molecule has 52 heavy (non-hydrogen) atoms. The van der Waals surface area contributed by atoms with Crippen LogP contribution in [0.2, 0.25) is 0 Å². The maximum Gasteiger partial charge on any atom is 0.472 e. The Morgan fingerprint density at radius 3 is 1.58 bits per heavy atom. The third-order valence-electron chi connectivity index (χ3n) is 7.94. The highest BCUT2D eigenvalue weighted by molar-refractivity contribution is 7.47. The third kappa shape index (κ3) is 36.0. The highest BCUT2D eigenvalue weighted by atomic mass is 31.2. The molecule has 0 aliphatic carbocycles. The van der Waals surface area contributed by atoms with Gasteiger partial charge in [-0.2, -0.15) is 0 Å². The van der Waals surface area contributed by atoms with E-state index < -0.39 is 51.8 Å². The summed E-state index contributed by atoms with van der Waals surface area (Å²) in [5, 5.41) is 18.3. The van der Waals surface area contributed by atoms with Gasteiger partial charge in [0.15, 0.2) is 6.10 Å². The summed E-state index contributed by atoms with van der Waals surface area (Å²) in [5.41, 5.74) is 0. The second-order valence-corrected chi connectivity index (χ2v) is 14.4. The van der Waals surface area contributed by atoms with Crippen molar-refractivity contribution in [1.82, 2.24) is 0 Å². The van der Waals surface area contributed by atoms with Crippen LogP contribution in [0.4, 0.5) is 0 Å². The number of allylic oxidation sites excluding steroid dienone is 10. The lowest BCUT2D eigenvalue weighted by Gasteiger charge is -2.20. The maximum absolute atomic E-state index is 12.5. The smallest absolute Gasteiger partial charge is 0.462 e. The Hall–Kier alpha value is -2.33. The van der Waals surface area contributed by atoms with Gasteiger partial charge in [-0.25, -0.2) is 4.57 Å². The number of aliphatic hydroxyl groups excluding tert-OH is 2. The summed E-state index contributed by atoms with van der Waals surface area (Å²) in [6, 6.07) is 0. The summed E-state index contributed by atoms with van der Waals surface area (Å²) >= 11 is 0. The van der Waals surface area contributed by atoms with Crippen molar-refractivity contribution < 1.29 is 47.8 Å². The minimum absolute atomic E-state index is 0.105. The number of hydrogen-bond donors (Lipinski definition) is 3. The van der Waals surface area contributed by atoms with Gasteiger partial charge in [0.05, 0.1) is 19.8 Å². The number of esters is 2. The molecule has 0 bridgehead atoms. The molecule has 3 N–H and O–H groups in total. The second-order valence-electron chi connectivity index (χ2n) is 12.9. The normalized spacial score (nSPS) is 14.6. The van der Waals surface area contributed by atoms with Crippen LogP contribution in [-0.2, 0) is 32.7 Å². The van der Waals surface area contributed by atoms with Gasteiger partial charge in [0.1, 0.15) is 12.7 Å². The van der Waals surface area contributed by atoms with Crippen molar-refractivity contribution in [2.45, 2.75) is 161 Å². The van der Waals surface area contributed by atoms with Gasteiger partial charge in [0.2, 0.25) is 0 Å². The Bertz CT molecular complexity index is 1050. The number of carbonyl (C=O) groups excluding carboxylic acids is 2. The molecule has 0 saturated carbocycles. The van der Waals surface area contributed by atoms with Crippen LogP contribution in [-0.4, -0.2) is 65.7 Å². The predicted molar refractivity (Wildman–Crippen MR) is 210 cm³/mol. The van der Waals surface area contributed by atoms with Gasteiger partial charge in [0.25, 0.3) is 0 Å². The number of phosphoric ester groups is 1. The van der Waals surface area contributed by atoms with Crippen molar-refractivity contribution in [3.05, 3.63) is 60.8 Å². The molecule has 0 spiro atoms. The zero-order chi connectivity index (χ0) is 38.4. The van der Waals surface area contributed by atoms with E-state index in [4.69, 9.17) is 19.1 Å². The Kier molecular flexibility index (Phi) is 35.3. The first-order valence-electron chi connectivity index (χ1n) is 19.7. The van der Waals surface area contributed by atoms with Crippen LogP contribution in [0, 0.1) is 0 Å². The maximum atomic E-state index is 12.5. The van der Waals surface area contributed by atoms with Crippen LogP contribution in [0.5, 0.6) is 0 Å². The first-order chi connectivity index (χ1) is 25.2. The van der Waals surface area contributed by atoms with E-state index in [1.165, 1.54) is 51.4 Å². The number of carbonyl (C=O) groups is 2. The molecule has 0 fully saturated rings. The molecule has 0 aliphatic rings. The molecule has 0 aromatic rings. The molecular weight excluding hydrogens is 683 g/mol. The van der Waals surface area contributed by atoms with E-state index in [-0.39, 0.29) is 19.4 Å². The minimum Gasteiger partial charge on any atom is -0.462 e. The summed E-state index contributed by atoms with van der Waals surface area (Å²) in [7, 11) is -4.63. The Morgan fingerprint density at radius 1 is 0.596 bits per heavy atom. The van der Waals surface area contributed by atoms with Crippen molar-refractivity contribution in [3.63, 3.8) is 0 Å². The standard InChI is InChI=1S/C41H71O10P/c1-3-5-7-9-11-13-15-17-18-19-20-21-23-25-27-29-31-33-41(45)51-39(37-50-52(46,47)49-35-38(43)34-42)36-48-40(44)32-30-28-26-24-22-16-14-12-10-8-6-4-2/h5,7,11,13,17-18,20-21,25,27,38-39,42-43H,3-4,6,8-10,12,14-16,19,22-24,26,28-37H2,1-2H3,(H,46,47)/b7-5-,13-11-,18-17-,21-20-,27-25-/t38-,39+/m0/s1. The van der Waals surface area contributed by atoms with Crippen molar-refractivity contribution in [2.24, 2.45) is 0 Å². The fraction of sp³-hybridized carbons (Fsp3) is 0.707. The fourth-order valence-corrected chi connectivity index (χ4v) is 5.70. The van der Waals surface area contributed by atoms with Gasteiger partial charge in [-0.1, -0.05) is 145 Å². The van der Waals surface area contributed by atoms with Crippen LogP contribution >= 0.6 is 7.82 Å². The van der Waals surface area contributed by atoms with Crippen LogP contribution < -0.4 is 0 Å². The highest BCUT2D eigenvalue weighted by Crippen LogP contribution is 2.43. The lowest BCUT2D eigenvalue weighted by molar-refractivity contribution is -0.161. The lowest BCUT2D eigenvalue weighted by Crippen LogP contribution is -2.29. The molecule has 0 aromatic carbocycles. The van der Waals surface area contributed by atoms with E-state index in [0.717, 1.165) is 51.4 Å². The largest absolute Gasteiger partial charge is 0.472 e. The van der Waals surface area contributed by atoms with E-state index in [1.54, 1.807) is 0 Å². The molecule has 0 rings (SSSR count). The topological polar surface area (TPSA) is 149 Å². The Balaban J connectivity index is 4.47. The van der Waals surface area contributed by atoms with Crippen molar-refractivity contribution >= 4 is 19.8 Å². The Morgan fingerprint density at radius 2 is 1.06 bits per heavy atom. The SMILES string of the molecule is CC/C=C\C/C=C\C/C=C\C/C=C\C/C=C\CCCC(=O)O[C@H](COC(=O)CCCCCCCCCCCCCC)COP(=O)(O)OC[C@@H](O)CO. The number of rotatable bonds is 36. The lowest BCUT2D eigenvalue weighted by atomic mass is 10.0. The molecule has 0 heterocycles. The van der Waals surface area contributed by atoms with E-state index in [2.05, 4.69) is 67.0 Å². The zero-order valence-corrected chi connectivity index (χ0v) is 33.1. The monoisotopic (exact) mass is 754 g/mol. The summed E-state index contributed by atoms with van der Waals surface area (Å²) in [6.45, 7) is 2.17. The van der Waals surface area contributed by atoms with Crippen molar-refractivity contribution in [1.29, 1.82) is 0 Å². The molecule has 0 saturated heterocycles. The third-order valence-corrected chi connectivity index (χ3v) is 8.89. The average molecular weight is 755 g/mol. The fourth-order valence-electron chi connectivity index (χ4n) is 4.91. The first-order valence-corrected chi connectivity index (χ1v) is 21.2. The molecule has 0 aromatic heterocycles. The first kappa shape index (κ1) is 49.7. The number of phosphoric acid groups is 1. The molecule has 10 nitrogen and oxygen atoms in total. The number of hydrogen-bond acceptors (Lipinski definition) is 9. The van der Waals surface area contributed by atoms with Gasteiger partial charge in [-0.3, -0.25) is 18.6 Å². The van der Waals surface area contributed by atoms with E-state index >= 15 is 0 Å². The molecular formula is C41H71O10P. The minimum atomic E-state index is -4.63. The number of ether oxygens (including phenoxy) is 2. The highest BCUT2D eigenvalue weighted by Gasteiger charge is 2.27. The summed E-state index contributed by atoms with van der Waals surface area (Å²) < 4.78 is 32.5. The summed E-state index contributed by atoms with van der Waals surface area (Å²) in [5.74, 6) is -0.997. The predicted octanol–water partition coefficient (Wildman–Crippen LogP) is 9.94. The van der Waals surface area contributed by atoms with Crippen molar-refractivity contribution in [3.8, 4) is 0 Å². The quantitative estimate of drug-likeness (QED) is 0.0244. The van der Waals surface area contributed by atoms with Gasteiger partial charge in [-0.05, 0) is 51.4 Å². The summed E-state index contributed by atoms with van der Waals surface area (Å²) in [4.78, 5) is 34.8. The summed E-state index contributed by atoms with van der Waals surface area (Å²) in [6.07, 6.45) is 39.1. The zero-order valence-electron chi connectivity index (χ0n) is 32.3. The average Bonchev–Trinajstić information content (AvgIpc) is 3.13. The Labute approximate surface area is 315 Å². The molecule has 3 atom stereocenters. The van der Waals surface area contributed by atoms with Crippen LogP contribution in [0.15, 0.2) is 60.8 Å². The molecule has 1 unspecified atom stereocenters. The molecule has 0 radical (unpaired) electrons. The van der Waals surface area contributed by atoms with Crippen LogP contribution in [0.3, 0.4) is 0 Å². The van der Waals surface area contributed by atoms with Gasteiger partial charge < -0.3 is 24.6 Å². The molecule has 0 aliphatic heterocycles. The second kappa shape index (κ2) is 37.0. The number of unbranched alkanes of at least 4 members (excludes halogenated alkanes) is 12. The van der Waals surface area contributed by atoms with Gasteiger partial charge >= 0.3 is 19.8 Å².